The summed E-state index contributed by atoms with van der Waals surface area (Å²) in [5, 5.41) is 5.59. The van der Waals surface area contributed by atoms with Crippen LogP contribution in [-0.2, 0) is 24.3 Å². The second-order valence-electron chi connectivity index (χ2n) is 5.02. The van der Waals surface area contributed by atoms with Crippen LogP contribution in [0.3, 0.4) is 0 Å². The predicted octanol–water partition coefficient (Wildman–Crippen LogP) is 2.20. The molecule has 0 unspecified atom stereocenters. The number of rotatable bonds is 6. The standard InChI is InChI=1S/C15H18FN3OS/c1-19(2)9-15-18-12(10-21-15)7-14(20)17-8-11-5-3-4-6-13(11)16/h3-6,10H,7-9H2,1-2H3,(H,17,20). The first-order chi connectivity index (χ1) is 10.0. The maximum Gasteiger partial charge on any atom is 0.226 e. The second-order valence-corrected chi connectivity index (χ2v) is 5.96. The number of carbonyl (C=O) groups is 1. The Labute approximate surface area is 127 Å². The van der Waals surface area contributed by atoms with Gasteiger partial charge in [-0.2, -0.15) is 0 Å². The molecule has 0 saturated heterocycles. The van der Waals surface area contributed by atoms with Gasteiger partial charge in [0, 0.05) is 24.0 Å². The average molecular weight is 307 g/mol. The summed E-state index contributed by atoms with van der Waals surface area (Å²) < 4.78 is 13.4. The van der Waals surface area contributed by atoms with Crippen molar-refractivity contribution < 1.29 is 9.18 Å². The third kappa shape index (κ3) is 4.91. The quantitative estimate of drug-likeness (QED) is 0.890. The summed E-state index contributed by atoms with van der Waals surface area (Å²) in [4.78, 5) is 18.3. The fourth-order valence-corrected chi connectivity index (χ4v) is 2.75. The number of thiazole rings is 1. The van der Waals surface area contributed by atoms with Crippen molar-refractivity contribution in [2.24, 2.45) is 0 Å². The lowest BCUT2D eigenvalue weighted by Gasteiger charge is -2.06. The van der Waals surface area contributed by atoms with Gasteiger partial charge in [-0.25, -0.2) is 9.37 Å². The smallest absolute Gasteiger partial charge is 0.226 e. The first kappa shape index (κ1) is 15.6. The van der Waals surface area contributed by atoms with E-state index >= 15 is 0 Å². The van der Waals surface area contributed by atoms with Crippen LogP contribution in [0.15, 0.2) is 29.6 Å². The monoisotopic (exact) mass is 307 g/mol. The maximum absolute atomic E-state index is 13.4. The summed E-state index contributed by atoms with van der Waals surface area (Å²) in [6.45, 7) is 0.960. The van der Waals surface area contributed by atoms with Crippen molar-refractivity contribution in [3.63, 3.8) is 0 Å². The lowest BCUT2D eigenvalue weighted by molar-refractivity contribution is -0.120. The lowest BCUT2D eigenvalue weighted by atomic mass is 10.2. The van der Waals surface area contributed by atoms with E-state index in [1.54, 1.807) is 29.5 Å². The highest BCUT2D eigenvalue weighted by atomic mass is 32.1. The second kappa shape index (κ2) is 7.28. The Kier molecular flexibility index (Phi) is 5.41. The van der Waals surface area contributed by atoms with Crippen LogP contribution in [0.25, 0.3) is 0 Å². The van der Waals surface area contributed by atoms with Crippen LogP contribution >= 0.6 is 11.3 Å². The van der Waals surface area contributed by atoms with E-state index in [2.05, 4.69) is 10.3 Å². The number of hydrogen-bond donors (Lipinski definition) is 1. The van der Waals surface area contributed by atoms with Crippen molar-refractivity contribution >= 4 is 17.2 Å². The van der Waals surface area contributed by atoms with E-state index in [0.29, 0.717) is 5.56 Å². The minimum absolute atomic E-state index is 0.153. The Morgan fingerprint density at radius 1 is 1.38 bits per heavy atom. The molecule has 0 fully saturated rings. The number of carbonyl (C=O) groups excluding carboxylic acids is 1. The summed E-state index contributed by atoms with van der Waals surface area (Å²) in [6.07, 6.45) is 0.221. The predicted molar refractivity (Wildman–Crippen MR) is 81.5 cm³/mol. The van der Waals surface area contributed by atoms with Crippen LogP contribution in [0.2, 0.25) is 0 Å². The van der Waals surface area contributed by atoms with Crippen LogP contribution in [0.1, 0.15) is 16.3 Å². The van der Waals surface area contributed by atoms with Gasteiger partial charge in [-0.1, -0.05) is 18.2 Å². The summed E-state index contributed by atoms with van der Waals surface area (Å²) >= 11 is 1.54. The van der Waals surface area contributed by atoms with Gasteiger partial charge in [0.15, 0.2) is 0 Å². The van der Waals surface area contributed by atoms with Crippen LogP contribution in [0, 0.1) is 5.82 Å². The Hall–Kier alpha value is -1.79. The summed E-state index contributed by atoms with van der Waals surface area (Å²) in [5.74, 6) is -0.459. The zero-order valence-corrected chi connectivity index (χ0v) is 12.9. The van der Waals surface area contributed by atoms with Crippen molar-refractivity contribution in [3.05, 3.63) is 51.7 Å². The molecule has 2 rings (SSSR count). The number of nitrogens with zero attached hydrogens (tertiary/aromatic N) is 2. The normalized spacial score (nSPS) is 10.9. The van der Waals surface area contributed by atoms with Crippen molar-refractivity contribution in [2.75, 3.05) is 14.1 Å². The van der Waals surface area contributed by atoms with Gasteiger partial charge >= 0.3 is 0 Å². The molecule has 1 heterocycles. The zero-order valence-electron chi connectivity index (χ0n) is 12.1. The minimum Gasteiger partial charge on any atom is -0.352 e. The van der Waals surface area contributed by atoms with Crippen LogP contribution < -0.4 is 5.32 Å². The molecule has 112 valence electrons. The van der Waals surface area contributed by atoms with Gasteiger partial charge in [0.05, 0.1) is 12.1 Å². The summed E-state index contributed by atoms with van der Waals surface area (Å²) in [5.41, 5.74) is 1.24. The first-order valence-corrected chi connectivity index (χ1v) is 7.50. The topological polar surface area (TPSA) is 45.2 Å². The zero-order chi connectivity index (χ0) is 15.2. The van der Waals surface area contributed by atoms with Crippen molar-refractivity contribution in [2.45, 2.75) is 19.5 Å². The minimum atomic E-state index is -0.306. The molecule has 2 aromatic rings. The fraction of sp³-hybridized carbons (Fsp3) is 0.333. The molecule has 0 atom stereocenters. The van der Waals surface area contributed by atoms with Gasteiger partial charge in [0.2, 0.25) is 5.91 Å². The molecule has 6 heteroatoms. The average Bonchev–Trinajstić information content (AvgIpc) is 2.84. The van der Waals surface area contributed by atoms with Crippen molar-refractivity contribution in [1.82, 2.24) is 15.2 Å². The number of halogens is 1. The third-order valence-electron chi connectivity index (χ3n) is 2.83. The Morgan fingerprint density at radius 3 is 2.86 bits per heavy atom. The van der Waals surface area contributed by atoms with Crippen molar-refractivity contribution in [1.29, 1.82) is 0 Å². The molecule has 0 aliphatic carbocycles. The SMILES string of the molecule is CN(C)Cc1nc(CC(=O)NCc2ccccc2F)cs1. The number of aromatic nitrogens is 1. The van der Waals surface area contributed by atoms with Crippen LogP contribution in [-0.4, -0.2) is 29.9 Å². The molecular formula is C15H18FN3OS. The molecule has 0 saturated carbocycles. The van der Waals surface area contributed by atoms with E-state index < -0.39 is 0 Å². The molecule has 1 aromatic heterocycles. The molecule has 0 spiro atoms. The van der Waals surface area contributed by atoms with E-state index in [4.69, 9.17) is 0 Å². The maximum atomic E-state index is 13.4. The van der Waals surface area contributed by atoms with Gasteiger partial charge < -0.3 is 10.2 Å². The van der Waals surface area contributed by atoms with E-state index in [9.17, 15) is 9.18 Å². The summed E-state index contributed by atoms with van der Waals surface area (Å²) in [7, 11) is 3.95. The Morgan fingerprint density at radius 2 is 2.14 bits per heavy atom. The number of amides is 1. The molecule has 21 heavy (non-hydrogen) atoms. The van der Waals surface area contributed by atoms with Crippen LogP contribution in [0.4, 0.5) is 4.39 Å². The van der Waals surface area contributed by atoms with Gasteiger partial charge in [-0.15, -0.1) is 11.3 Å². The Bertz CT molecular complexity index is 612. The van der Waals surface area contributed by atoms with E-state index in [0.717, 1.165) is 17.2 Å². The van der Waals surface area contributed by atoms with Crippen molar-refractivity contribution in [3.8, 4) is 0 Å². The molecule has 0 aliphatic rings. The van der Waals surface area contributed by atoms with Gasteiger partial charge in [0.1, 0.15) is 10.8 Å². The molecule has 1 N–H and O–H groups in total. The van der Waals surface area contributed by atoms with E-state index in [1.807, 2.05) is 24.4 Å². The van der Waals surface area contributed by atoms with E-state index in [-0.39, 0.29) is 24.7 Å². The molecule has 0 radical (unpaired) electrons. The number of nitrogens with one attached hydrogen (secondary N) is 1. The largest absolute Gasteiger partial charge is 0.352 e. The molecule has 4 nitrogen and oxygen atoms in total. The highest BCUT2D eigenvalue weighted by Gasteiger charge is 2.09. The highest BCUT2D eigenvalue weighted by molar-refractivity contribution is 7.09. The fourth-order valence-electron chi connectivity index (χ4n) is 1.84. The first-order valence-electron chi connectivity index (χ1n) is 6.62. The molecular weight excluding hydrogens is 289 g/mol. The lowest BCUT2D eigenvalue weighted by Crippen LogP contribution is -2.25. The van der Waals surface area contributed by atoms with Gasteiger partial charge in [-0.05, 0) is 20.2 Å². The molecule has 1 aromatic carbocycles. The van der Waals surface area contributed by atoms with Gasteiger partial charge in [0.25, 0.3) is 0 Å². The summed E-state index contributed by atoms with van der Waals surface area (Å²) in [6, 6.07) is 6.42. The number of benzene rings is 1. The molecule has 0 bridgehead atoms. The Balaban J connectivity index is 1.84. The highest BCUT2D eigenvalue weighted by Crippen LogP contribution is 2.12. The third-order valence-corrected chi connectivity index (χ3v) is 3.71. The molecule has 0 aliphatic heterocycles. The van der Waals surface area contributed by atoms with Crippen LogP contribution in [0.5, 0.6) is 0 Å². The van der Waals surface area contributed by atoms with E-state index in [1.165, 1.54) is 6.07 Å². The van der Waals surface area contributed by atoms with Gasteiger partial charge in [-0.3, -0.25) is 4.79 Å². The number of hydrogen-bond acceptors (Lipinski definition) is 4. The molecule has 1 amide bonds.